The second kappa shape index (κ2) is 4.28. The second-order valence-corrected chi connectivity index (χ2v) is 4.71. The van der Waals surface area contributed by atoms with Crippen LogP contribution in [-0.4, -0.2) is 22.5 Å². The molecule has 16 heavy (non-hydrogen) atoms. The number of imidazole rings is 1. The number of hydrogen-bond donors (Lipinski definition) is 1. The molecule has 1 aliphatic heterocycles. The maximum absolute atomic E-state index is 11.9. The minimum absolute atomic E-state index is 0.0726. The Labute approximate surface area is 96.1 Å². The van der Waals surface area contributed by atoms with Crippen molar-refractivity contribution in [3.63, 3.8) is 0 Å². The van der Waals surface area contributed by atoms with Crippen molar-refractivity contribution in [3.05, 3.63) is 17.7 Å². The lowest BCUT2D eigenvalue weighted by molar-refractivity contribution is -0.123. The number of fused-ring (bicyclic) bond motifs is 1. The van der Waals surface area contributed by atoms with Crippen LogP contribution in [0.4, 0.5) is 0 Å². The van der Waals surface area contributed by atoms with Crippen molar-refractivity contribution in [3.8, 4) is 0 Å². The van der Waals surface area contributed by atoms with Crippen LogP contribution in [0.3, 0.4) is 0 Å². The summed E-state index contributed by atoms with van der Waals surface area (Å²) in [6.45, 7) is 5.18. The van der Waals surface area contributed by atoms with Crippen LogP contribution in [0.1, 0.15) is 37.6 Å². The zero-order valence-electron chi connectivity index (χ0n) is 10.2. The van der Waals surface area contributed by atoms with E-state index in [1.54, 1.807) is 7.05 Å². The zero-order valence-corrected chi connectivity index (χ0v) is 10.2. The van der Waals surface area contributed by atoms with E-state index in [9.17, 15) is 4.79 Å². The smallest absolute Gasteiger partial charge is 0.229 e. The van der Waals surface area contributed by atoms with E-state index in [-0.39, 0.29) is 17.7 Å². The molecule has 0 aliphatic carbocycles. The molecule has 0 radical (unpaired) electrons. The Balaban J connectivity index is 2.35. The van der Waals surface area contributed by atoms with Crippen LogP contribution in [0.25, 0.3) is 0 Å². The lowest BCUT2D eigenvalue weighted by Gasteiger charge is -2.18. The van der Waals surface area contributed by atoms with Gasteiger partial charge in [-0.15, -0.1) is 0 Å². The SMILES string of the molecule is CNC(=O)C(c1ncn2c1CCC2)C(C)C. The zero-order chi connectivity index (χ0) is 11.7. The van der Waals surface area contributed by atoms with Crippen LogP contribution in [0.15, 0.2) is 6.33 Å². The van der Waals surface area contributed by atoms with Gasteiger partial charge in [0.25, 0.3) is 0 Å². The van der Waals surface area contributed by atoms with E-state index in [4.69, 9.17) is 0 Å². The van der Waals surface area contributed by atoms with Crippen LogP contribution in [0, 0.1) is 5.92 Å². The van der Waals surface area contributed by atoms with Gasteiger partial charge in [-0.1, -0.05) is 13.8 Å². The monoisotopic (exact) mass is 221 g/mol. The first-order valence-corrected chi connectivity index (χ1v) is 5.90. The Hall–Kier alpha value is -1.32. The highest BCUT2D eigenvalue weighted by atomic mass is 16.1. The first-order valence-electron chi connectivity index (χ1n) is 5.90. The van der Waals surface area contributed by atoms with Gasteiger partial charge in [-0.2, -0.15) is 0 Å². The summed E-state index contributed by atoms with van der Waals surface area (Å²) in [5.41, 5.74) is 2.23. The minimum Gasteiger partial charge on any atom is -0.359 e. The number of aryl methyl sites for hydroxylation is 1. The molecule has 4 heteroatoms. The molecule has 2 rings (SSSR count). The number of likely N-dealkylation sites (N-methyl/N-ethyl adjacent to an activating group) is 1. The summed E-state index contributed by atoms with van der Waals surface area (Å²) < 4.78 is 2.17. The number of hydrogen-bond acceptors (Lipinski definition) is 2. The molecule has 0 saturated carbocycles. The van der Waals surface area contributed by atoms with Gasteiger partial charge in [-0.05, 0) is 18.8 Å². The quantitative estimate of drug-likeness (QED) is 0.836. The first kappa shape index (κ1) is 11.2. The Morgan fingerprint density at radius 3 is 2.94 bits per heavy atom. The molecule has 1 aromatic heterocycles. The number of nitrogens with one attached hydrogen (secondary N) is 1. The molecule has 1 atom stereocenters. The van der Waals surface area contributed by atoms with Gasteiger partial charge >= 0.3 is 0 Å². The van der Waals surface area contributed by atoms with Crippen LogP contribution in [0.5, 0.6) is 0 Å². The van der Waals surface area contributed by atoms with Crippen molar-refractivity contribution in [2.24, 2.45) is 5.92 Å². The largest absolute Gasteiger partial charge is 0.359 e. The topological polar surface area (TPSA) is 46.9 Å². The standard InChI is InChI=1S/C12H19N3O/c1-8(2)10(12(16)13-3)11-9-5-4-6-15(9)7-14-11/h7-8,10H,4-6H2,1-3H3,(H,13,16). The highest BCUT2D eigenvalue weighted by molar-refractivity contribution is 5.83. The fourth-order valence-electron chi connectivity index (χ4n) is 2.46. The highest BCUT2D eigenvalue weighted by Crippen LogP contribution is 2.29. The molecule has 1 aliphatic rings. The molecule has 0 saturated heterocycles. The molecule has 2 heterocycles. The van der Waals surface area contributed by atoms with Crippen molar-refractivity contribution < 1.29 is 4.79 Å². The molecule has 1 aromatic rings. The third kappa shape index (κ3) is 1.72. The predicted molar refractivity (Wildman–Crippen MR) is 62.2 cm³/mol. The Morgan fingerprint density at radius 2 is 2.31 bits per heavy atom. The molecule has 1 N–H and O–H groups in total. The first-order chi connectivity index (χ1) is 7.65. The Kier molecular flexibility index (Phi) is 2.99. The molecule has 88 valence electrons. The van der Waals surface area contributed by atoms with Gasteiger partial charge in [-0.3, -0.25) is 4.79 Å². The van der Waals surface area contributed by atoms with Crippen LogP contribution in [0.2, 0.25) is 0 Å². The third-order valence-electron chi connectivity index (χ3n) is 3.28. The van der Waals surface area contributed by atoms with E-state index in [1.807, 2.05) is 6.33 Å². The van der Waals surface area contributed by atoms with Crippen LogP contribution >= 0.6 is 0 Å². The second-order valence-electron chi connectivity index (χ2n) is 4.71. The van der Waals surface area contributed by atoms with E-state index in [0.717, 1.165) is 18.7 Å². The number of rotatable bonds is 3. The number of nitrogens with zero attached hydrogens (tertiary/aromatic N) is 2. The van der Waals surface area contributed by atoms with Gasteiger partial charge in [-0.25, -0.2) is 4.98 Å². The number of carbonyl (C=O) groups is 1. The van der Waals surface area contributed by atoms with Crippen molar-refractivity contribution in [2.45, 2.75) is 39.2 Å². The van der Waals surface area contributed by atoms with Gasteiger partial charge in [0.1, 0.15) is 0 Å². The molecular formula is C12H19N3O. The number of amides is 1. The third-order valence-corrected chi connectivity index (χ3v) is 3.28. The number of carbonyl (C=O) groups excluding carboxylic acids is 1. The van der Waals surface area contributed by atoms with E-state index >= 15 is 0 Å². The van der Waals surface area contributed by atoms with Gasteiger partial charge < -0.3 is 9.88 Å². The highest BCUT2D eigenvalue weighted by Gasteiger charge is 2.30. The van der Waals surface area contributed by atoms with Crippen molar-refractivity contribution in [2.75, 3.05) is 7.05 Å². The van der Waals surface area contributed by atoms with Gasteiger partial charge in [0.15, 0.2) is 0 Å². The molecular weight excluding hydrogens is 202 g/mol. The lowest BCUT2D eigenvalue weighted by Crippen LogP contribution is -2.30. The van der Waals surface area contributed by atoms with Crippen molar-refractivity contribution >= 4 is 5.91 Å². The van der Waals surface area contributed by atoms with Gasteiger partial charge in [0, 0.05) is 19.3 Å². The summed E-state index contributed by atoms with van der Waals surface area (Å²) in [5, 5.41) is 2.74. The summed E-state index contributed by atoms with van der Waals surface area (Å²) in [6, 6.07) is 0. The predicted octanol–water partition coefficient (Wildman–Crippen LogP) is 1.31. The summed E-state index contributed by atoms with van der Waals surface area (Å²) >= 11 is 0. The van der Waals surface area contributed by atoms with Gasteiger partial charge in [0.2, 0.25) is 5.91 Å². The normalized spacial score (nSPS) is 16.2. The lowest BCUT2D eigenvalue weighted by atomic mass is 9.90. The van der Waals surface area contributed by atoms with Crippen LogP contribution in [-0.2, 0) is 17.8 Å². The van der Waals surface area contributed by atoms with E-state index in [0.29, 0.717) is 0 Å². The molecule has 0 aromatic carbocycles. The Bertz CT molecular complexity index is 395. The average Bonchev–Trinajstić information content (AvgIpc) is 2.81. The summed E-state index contributed by atoms with van der Waals surface area (Å²) in [4.78, 5) is 16.3. The molecule has 0 spiro atoms. The molecule has 1 amide bonds. The fraction of sp³-hybridized carbons (Fsp3) is 0.667. The molecule has 0 bridgehead atoms. The van der Waals surface area contributed by atoms with E-state index in [2.05, 4.69) is 28.7 Å². The fourth-order valence-corrected chi connectivity index (χ4v) is 2.46. The van der Waals surface area contributed by atoms with Crippen molar-refractivity contribution in [1.29, 1.82) is 0 Å². The Morgan fingerprint density at radius 1 is 1.56 bits per heavy atom. The molecule has 1 unspecified atom stereocenters. The van der Waals surface area contributed by atoms with Crippen molar-refractivity contribution in [1.82, 2.24) is 14.9 Å². The minimum atomic E-state index is -0.112. The molecule has 4 nitrogen and oxygen atoms in total. The van der Waals surface area contributed by atoms with E-state index in [1.165, 1.54) is 12.1 Å². The maximum atomic E-state index is 11.9. The summed E-state index contributed by atoms with van der Waals surface area (Å²) in [7, 11) is 1.69. The number of aromatic nitrogens is 2. The summed E-state index contributed by atoms with van der Waals surface area (Å²) in [6.07, 6.45) is 4.09. The van der Waals surface area contributed by atoms with Gasteiger partial charge in [0.05, 0.1) is 17.9 Å². The summed E-state index contributed by atoms with van der Waals surface area (Å²) in [5.74, 6) is 0.239. The molecule has 0 fully saturated rings. The van der Waals surface area contributed by atoms with Crippen LogP contribution < -0.4 is 5.32 Å². The maximum Gasteiger partial charge on any atom is 0.229 e. The van der Waals surface area contributed by atoms with E-state index < -0.39 is 0 Å². The average molecular weight is 221 g/mol.